The van der Waals surface area contributed by atoms with Crippen LogP contribution in [0.15, 0.2) is 50.1 Å². The zero-order valence-electron chi connectivity index (χ0n) is 13.5. The number of ether oxygens (including phenoxy) is 2. The summed E-state index contributed by atoms with van der Waals surface area (Å²) in [4.78, 5) is 27.8. The number of esters is 1. The Bertz CT molecular complexity index is 1010. The van der Waals surface area contributed by atoms with Gasteiger partial charge in [0, 0.05) is 11.4 Å². The van der Waals surface area contributed by atoms with Gasteiger partial charge >= 0.3 is 11.6 Å². The average molecular weight is 404 g/mol. The second-order valence-corrected chi connectivity index (χ2v) is 6.07. The van der Waals surface area contributed by atoms with Gasteiger partial charge in [0.05, 0.1) is 23.1 Å². The van der Waals surface area contributed by atoms with Crippen molar-refractivity contribution in [3.8, 4) is 23.0 Å². The van der Waals surface area contributed by atoms with E-state index in [-0.39, 0.29) is 17.0 Å². The number of fused-ring (bicyclic) bond motifs is 1. The van der Waals surface area contributed by atoms with E-state index < -0.39 is 11.6 Å². The molecule has 0 unspecified atom stereocenters. The smallest absolute Gasteiger partial charge is 0.347 e. The molecule has 0 atom stereocenters. The summed E-state index contributed by atoms with van der Waals surface area (Å²) in [5.41, 5.74) is 0.431. The van der Waals surface area contributed by atoms with Gasteiger partial charge in [-0.2, -0.15) is 0 Å². The van der Waals surface area contributed by atoms with Gasteiger partial charge in [-0.05, 0) is 43.3 Å². The monoisotopic (exact) mass is 403 g/mol. The first-order valence-corrected chi connectivity index (χ1v) is 8.33. The molecule has 0 saturated carbocycles. The van der Waals surface area contributed by atoms with Crippen LogP contribution in [0, 0.1) is 0 Å². The summed E-state index contributed by atoms with van der Waals surface area (Å²) in [5, 5.41) is 0.232. The third-order valence-electron chi connectivity index (χ3n) is 3.33. The van der Waals surface area contributed by atoms with Gasteiger partial charge in [-0.3, -0.25) is 4.79 Å². The van der Waals surface area contributed by atoms with Crippen molar-refractivity contribution in [2.75, 3.05) is 6.61 Å². The highest BCUT2D eigenvalue weighted by Gasteiger charge is 2.15. The molecule has 0 bridgehead atoms. The molecule has 0 spiro atoms. The maximum atomic E-state index is 12.4. The average Bonchev–Trinajstić information content (AvgIpc) is 2.56. The second-order valence-electron chi connectivity index (χ2n) is 5.15. The highest BCUT2D eigenvalue weighted by molar-refractivity contribution is 9.10. The summed E-state index contributed by atoms with van der Waals surface area (Å²) in [7, 11) is 0. The largest absolute Gasteiger partial charge is 0.493 e. The zero-order valence-corrected chi connectivity index (χ0v) is 15.1. The highest BCUT2D eigenvalue weighted by atomic mass is 79.9. The molecular formula is C18H14BrNO5. The van der Waals surface area contributed by atoms with Crippen molar-refractivity contribution in [1.82, 2.24) is 4.98 Å². The molecule has 0 aliphatic carbocycles. The van der Waals surface area contributed by atoms with E-state index in [9.17, 15) is 9.59 Å². The van der Waals surface area contributed by atoms with Gasteiger partial charge in [0.25, 0.3) is 0 Å². The van der Waals surface area contributed by atoms with Crippen LogP contribution in [0.1, 0.15) is 13.8 Å². The summed E-state index contributed by atoms with van der Waals surface area (Å²) < 4.78 is 16.7. The number of halogens is 1. The topological polar surface area (TPSA) is 78.6 Å². The second kappa shape index (κ2) is 7.06. The summed E-state index contributed by atoms with van der Waals surface area (Å²) >= 11 is 3.39. The minimum atomic E-state index is -0.573. The first-order chi connectivity index (χ1) is 12.0. The van der Waals surface area contributed by atoms with Gasteiger partial charge in [0.1, 0.15) is 11.5 Å². The SMILES string of the molecule is CCOc1ccc(Br)cc1-c1nc2ccc(OC(C)=O)cc2c(=O)o1. The van der Waals surface area contributed by atoms with Crippen LogP contribution in [0.25, 0.3) is 22.4 Å². The zero-order chi connectivity index (χ0) is 18.0. The van der Waals surface area contributed by atoms with Crippen molar-refractivity contribution in [2.24, 2.45) is 0 Å². The lowest BCUT2D eigenvalue weighted by Crippen LogP contribution is -2.06. The summed E-state index contributed by atoms with van der Waals surface area (Å²) in [6.45, 7) is 3.63. The number of hydrogen-bond donors (Lipinski definition) is 0. The molecule has 1 aromatic heterocycles. The lowest BCUT2D eigenvalue weighted by Gasteiger charge is -2.10. The number of rotatable bonds is 4. The number of aromatic nitrogens is 1. The number of carbonyl (C=O) groups is 1. The Morgan fingerprint density at radius 2 is 2.04 bits per heavy atom. The third kappa shape index (κ3) is 3.71. The Morgan fingerprint density at radius 1 is 1.24 bits per heavy atom. The molecular weight excluding hydrogens is 390 g/mol. The van der Waals surface area contributed by atoms with Crippen LogP contribution in [-0.4, -0.2) is 17.6 Å². The van der Waals surface area contributed by atoms with Crippen molar-refractivity contribution >= 4 is 32.8 Å². The fraction of sp³-hybridized carbons (Fsp3) is 0.167. The van der Waals surface area contributed by atoms with E-state index in [1.165, 1.54) is 13.0 Å². The Labute approximate surface area is 151 Å². The molecule has 7 heteroatoms. The molecule has 3 aromatic rings. The Morgan fingerprint density at radius 3 is 2.76 bits per heavy atom. The maximum Gasteiger partial charge on any atom is 0.347 e. The number of nitrogens with zero attached hydrogens (tertiary/aromatic N) is 1. The Hall–Kier alpha value is -2.67. The predicted octanol–water partition coefficient (Wildman–Crippen LogP) is 3.94. The molecule has 0 radical (unpaired) electrons. The summed E-state index contributed by atoms with van der Waals surface area (Å²) in [5.74, 6) is 0.517. The summed E-state index contributed by atoms with van der Waals surface area (Å²) in [6, 6.07) is 9.99. The van der Waals surface area contributed by atoms with Crippen LogP contribution in [0.4, 0.5) is 0 Å². The molecule has 25 heavy (non-hydrogen) atoms. The minimum Gasteiger partial charge on any atom is -0.493 e. The van der Waals surface area contributed by atoms with Crippen LogP contribution in [0.5, 0.6) is 11.5 Å². The van der Waals surface area contributed by atoms with Crippen molar-refractivity contribution < 1.29 is 18.7 Å². The van der Waals surface area contributed by atoms with E-state index in [2.05, 4.69) is 20.9 Å². The summed E-state index contributed by atoms with van der Waals surface area (Å²) in [6.07, 6.45) is 0. The normalized spacial score (nSPS) is 10.7. The fourth-order valence-corrected chi connectivity index (χ4v) is 2.71. The lowest BCUT2D eigenvalue weighted by molar-refractivity contribution is -0.131. The Kier molecular flexibility index (Phi) is 4.85. The van der Waals surface area contributed by atoms with Crippen LogP contribution in [0.3, 0.4) is 0 Å². The van der Waals surface area contributed by atoms with E-state index in [1.54, 1.807) is 24.3 Å². The predicted molar refractivity (Wildman–Crippen MR) is 95.9 cm³/mol. The van der Waals surface area contributed by atoms with E-state index in [0.717, 1.165) is 4.47 Å². The molecule has 128 valence electrons. The van der Waals surface area contributed by atoms with Gasteiger partial charge in [0.2, 0.25) is 5.89 Å². The van der Waals surface area contributed by atoms with Gasteiger partial charge < -0.3 is 13.9 Å². The molecule has 0 aliphatic heterocycles. The van der Waals surface area contributed by atoms with Gasteiger partial charge in [-0.25, -0.2) is 9.78 Å². The molecule has 2 aromatic carbocycles. The van der Waals surface area contributed by atoms with Crippen molar-refractivity contribution in [1.29, 1.82) is 0 Å². The molecule has 6 nitrogen and oxygen atoms in total. The molecule has 0 amide bonds. The molecule has 0 aliphatic rings. The third-order valence-corrected chi connectivity index (χ3v) is 3.83. The van der Waals surface area contributed by atoms with E-state index in [4.69, 9.17) is 13.9 Å². The molecule has 0 fully saturated rings. The van der Waals surface area contributed by atoms with Gasteiger partial charge in [0.15, 0.2) is 0 Å². The number of hydrogen-bond acceptors (Lipinski definition) is 6. The number of benzene rings is 2. The van der Waals surface area contributed by atoms with Crippen LogP contribution >= 0.6 is 15.9 Å². The first kappa shape index (κ1) is 17.2. The quantitative estimate of drug-likeness (QED) is 0.484. The highest BCUT2D eigenvalue weighted by Crippen LogP contribution is 2.32. The van der Waals surface area contributed by atoms with Crippen LogP contribution in [0.2, 0.25) is 0 Å². The van der Waals surface area contributed by atoms with Crippen molar-refractivity contribution in [2.45, 2.75) is 13.8 Å². The van der Waals surface area contributed by atoms with E-state index in [1.807, 2.05) is 13.0 Å². The van der Waals surface area contributed by atoms with Gasteiger partial charge in [-0.15, -0.1) is 0 Å². The standard InChI is InChI=1S/C18H14BrNO5/c1-3-23-16-7-4-11(19)8-14(16)17-20-15-6-5-12(24-10(2)21)9-13(15)18(22)25-17/h4-9H,3H2,1-2H3. The fourth-order valence-electron chi connectivity index (χ4n) is 2.35. The van der Waals surface area contributed by atoms with Crippen LogP contribution < -0.4 is 15.1 Å². The van der Waals surface area contributed by atoms with E-state index in [0.29, 0.717) is 23.4 Å². The van der Waals surface area contributed by atoms with Gasteiger partial charge in [-0.1, -0.05) is 15.9 Å². The first-order valence-electron chi connectivity index (χ1n) is 7.54. The minimum absolute atomic E-state index is 0.155. The molecule has 3 rings (SSSR count). The number of carbonyl (C=O) groups excluding carboxylic acids is 1. The maximum absolute atomic E-state index is 12.4. The Balaban J connectivity index is 2.15. The molecule has 0 N–H and O–H groups in total. The molecule has 1 heterocycles. The van der Waals surface area contributed by atoms with Crippen LogP contribution in [-0.2, 0) is 4.79 Å². The van der Waals surface area contributed by atoms with Crippen molar-refractivity contribution in [3.05, 3.63) is 51.3 Å². The van der Waals surface area contributed by atoms with Crippen molar-refractivity contribution in [3.63, 3.8) is 0 Å². The van der Waals surface area contributed by atoms with E-state index >= 15 is 0 Å². The lowest BCUT2D eigenvalue weighted by atomic mass is 10.2. The molecule has 0 saturated heterocycles.